The first kappa shape index (κ1) is 29.8. The van der Waals surface area contributed by atoms with E-state index in [-0.39, 0.29) is 11.3 Å². The zero-order valence-corrected chi connectivity index (χ0v) is 23.2. The molecule has 0 aliphatic heterocycles. The normalized spacial score (nSPS) is 29.0. The van der Waals surface area contributed by atoms with Gasteiger partial charge in [-0.2, -0.15) is 0 Å². The minimum atomic E-state index is -3.13. The van der Waals surface area contributed by atoms with Crippen LogP contribution >= 0.6 is 0 Å². The molecular formula is C28H30N2O11. The average molecular weight is 571 g/mol. The highest BCUT2D eigenvalue weighted by molar-refractivity contribution is 6.34. The second-order valence-corrected chi connectivity index (χ2v) is 10.6. The van der Waals surface area contributed by atoms with Crippen molar-refractivity contribution in [3.63, 3.8) is 0 Å². The van der Waals surface area contributed by atoms with Crippen molar-refractivity contribution in [2.75, 3.05) is 14.1 Å². The van der Waals surface area contributed by atoms with Gasteiger partial charge in [-0.3, -0.25) is 39.0 Å². The van der Waals surface area contributed by atoms with E-state index in [1.165, 1.54) is 25.1 Å². The molecule has 0 heterocycles. The number of ether oxygens (including phenoxy) is 2. The Balaban J connectivity index is 2.04. The monoisotopic (exact) mass is 570 g/mol. The van der Waals surface area contributed by atoms with Crippen molar-refractivity contribution < 1.29 is 53.6 Å². The Labute approximate surface area is 234 Å². The van der Waals surface area contributed by atoms with Crippen molar-refractivity contribution in [3.8, 4) is 5.75 Å². The molecule has 2 amide bonds. The van der Waals surface area contributed by atoms with Crippen LogP contribution in [0.25, 0.3) is 5.76 Å². The summed E-state index contributed by atoms with van der Waals surface area (Å²) in [6, 6.07) is 3.17. The Hall–Kier alpha value is -4.20. The van der Waals surface area contributed by atoms with Crippen LogP contribution in [0.4, 0.5) is 0 Å². The third-order valence-electron chi connectivity index (χ3n) is 7.73. The number of Topliss-reactive ketones (excluding diaryl/α,β-unsaturated/α-hetero) is 2. The smallest absolute Gasteiger partial charge is 0.308 e. The third kappa shape index (κ3) is 4.46. The second kappa shape index (κ2) is 10.3. The Morgan fingerprint density at radius 2 is 1.61 bits per heavy atom. The molecule has 4 N–H and O–H groups in total. The van der Waals surface area contributed by atoms with Crippen LogP contribution in [-0.2, 0) is 33.5 Å². The maximum Gasteiger partial charge on any atom is 0.308 e. The van der Waals surface area contributed by atoms with Crippen LogP contribution in [-0.4, -0.2) is 87.4 Å². The summed E-state index contributed by atoms with van der Waals surface area (Å²) in [5, 5.41) is 37.1. The highest BCUT2D eigenvalue weighted by Gasteiger charge is 2.69. The predicted octanol–water partition coefficient (Wildman–Crippen LogP) is -0.102. The quantitative estimate of drug-likeness (QED) is 0.163. The number of rotatable bonds is 4. The molecule has 1 aromatic rings. The Bertz CT molecular complexity index is 1470. The number of aliphatic hydroxyl groups excluding tert-OH is 2. The van der Waals surface area contributed by atoms with Gasteiger partial charge in [-0.15, -0.1) is 0 Å². The number of benzene rings is 1. The molecule has 218 valence electrons. The van der Waals surface area contributed by atoms with Gasteiger partial charge >= 0.3 is 11.9 Å². The van der Waals surface area contributed by atoms with E-state index in [0.717, 1.165) is 20.8 Å². The van der Waals surface area contributed by atoms with Crippen LogP contribution in [0.5, 0.6) is 5.75 Å². The number of esters is 2. The highest BCUT2D eigenvalue weighted by Crippen LogP contribution is 2.55. The molecule has 0 radical (unpaired) electrons. The van der Waals surface area contributed by atoms with Crippen LogP contribution in [0.2, 0.25) is 0 Å². The predicted molar refractivity (Wildman–Crippen MR) is 139 cm³/mol. The third-order valence-corrected chi connectivity index (χ3v) is 7.73. The lowest BCUT2D eigenvalue weighted by Crippen LogP contribution is -2.71. The van der Waals surface area contributed by atoms with Crippen molar-refractivity contribution in [2.24, 2.45) is 11.8 Å². The van der Waals surface area contributed by atoms with Gasteiger partial charge < -0.3 is 24.8 Å². The van der Waals surface area contributed by atoms with Crippen molar-refractivity contribution in [2.45, 2.75) is 51.4 Å². The van der Waals surface area contributed by atoms with Gasteiger partial charge in [0.1, 0.15) is 22.8 Å². The lowest BCUT2D eigenvalue weighted by atomic mass is 9.54. The van der Waals surface area contributed by atoms with Gasteiger partial charge in [0.25, 0.3) is 5.91 Å². The maximum atomic E-state index is 14.2. The van der Waals surface area contributed by atoms with Crippen LogP contribution in [0, 0.1) is 11.8 Å². The molecule has 0 saturated heterocycles. The number of fused-ring (bicyclic) bond motifs is 3. The standard InChI is InChI=1S/C28H30N2O11/c1-10-14-8-7-9-15(40-12(3)32)17(14)22(34)18-16(10)23(35)20-21(30(5)6)24(41-13(4)33)19(27(38)29-11(2)31)26(37)28(20,39)25(18)36/h7-10,16,20-21,23,34-35,39H,1-6H3,(H,29,31,38)/t10-,16+,20+,21-,23-,28-/m0/s1. The van der Waals surface area contributed by atoms with E-state index in [0.29, 0.717) is 5.56 Å². The van der Waals surface area contributed by atoms with Crippen LogP contribution in [0.1, 0.15) is 44.7 Å². The molecule has 0 unspecified atom stereocenters. The van der Waals surface area contributed by atoms with Crippen LogP contribution in [0.15, 0.2) is 35.1 Å². The molecule has 13 nitrogen and oxygen atoms in total. The van der Waals surface area contributed by atoms with E-state index < -0.39 is 93.5 Å². The maximum absolute atomic E-state index is 14.2. The molecular weight excluding hydrogens is 540 g/mol. The lowest BCUT2D eigenvalue weighted by Gasteiger charge is -2.54. The Morgan fingerprint density at radius 3 is 2.15 bits per heavy atom. The number of aliphatic hydroxyl groups is 3. The summed E-state index contributed by atoms with van der Waals surface area (Å²) in [6.45, 7) is 4.79. The SMILES string of the molecule is CC(=O)NC(=O)C1=C(OC(C)=O)[C@@H](N(C)C)[C@@H]2[C@@H](O)[C@H]3C(=C(O)c4c(OC(C)=O)cccc4[C@@H]3C)C(=O)[C@]2(O)C1=O. The van der Waals surface area contributed by atoms with Crippen molar-refractivity contribution in [1.29, 1.82) is 0 Å². The topological polar surface area (TPSA) is 197 Å². The first-order chi connectivity index (χ1) is 19.0. The van der Waals surface area contributed by atoms with Crippen LogP contribution in [0.3, 0.4) is 0 Å². The van der Waals surface area contributed by atoms with Crippen LogP contribution < -0.4 is 10.1 Å². The average Bonchev–Trinajstić information content (AvgIpc) is 2.85. The van der Waals surface area contributed by atoms with E-state index in [1.54, 1.807) is 19.1 Å². The number of likely N-dealkylation sites (N-methyl/N-ethyl adjacent to an activating group) is 1. The molecule has 1 saturated carbocycles. The molecule has 0 aromatic heterocycles. The van der Waals surface area contributed by atoms with Gasteiger partial charge in [-0.1, -0.05) is 19.1 Å². The molecule has 1 fully saturated rings. The fourth-order valence-corrected chi connectivity index (χ4v) is 6.25. The summed E-state index contributed by atoms with van der Waals surface area (Å²) in [5.41, 5.74) is -4.19. The summed E-state index contributed by atoms with van der Waals surface area (Å²) in [7, 11) is 2.91. The molecule has 3 aliphatic carbocycles. The van der Waals surface area contributed by atoms with Gasteiger partial charge in [0, 0.05) is 32.3 Å². The minimum Gasteiger partial charge on any atom is -0.507 e. The van der Waals surface area contributed by atoms with Crippen molar-refractivity contribution >= 4 is 41.1 Å². The second-order valence-electron chi connectivity index (χ2n) is 10.6. The summed E-state index contributed by atoms with van der Waals surface area (Å²) in [6.07, 6.45) is -1.71. The lowest BCUT2D eigenvalue weighted by molar-refractivity contribution is -0.176. The van der Waals surface area contributed by atoms with Crippen molar-refractivity contribution in [3.05, 3.63) is 46.2 Å². The highest BCUT2D eigenvalue weighted by atomic mass is 16.5. The summed E-state index contributed by atoms with van der Waals surface area (Å²) >= 11 is 0. The molecule has 6 atom stereocenters. The minimum absolute atomic E-state index is 0.0258. The number of nitrogens with one attached hydrogen (secondary N) is 1. The molecule has 3 aliphatic rings. The number of hydrogen-bond donors (Lipinski definition) is 4. The number of carbonyl (C=O) groups excluding carboxylic acids is 6. The van der Waals surface area contributed by atoms with E-state index >= 15 is 0 Å². The largest absolute Gasteiger partial charge is 0.507 e. The first-order valence-corrected chi connectivity index (χ1v) is 12.7. The molecule has 13 heteroatoms. The van der Waals surface area contributed by atoms with E-state index in [2.05, 4.69) is 0 Å². The summed E-state index contributed by atoms with van der Waals surface area (Å²) in [4.78, 5) is 78.1. The van der Waals surface area contributed by atoms with E-state index in [9.17, 15) is 44.1 Å². The van der Waals surface area contributed by atoms with Crippen molar-refractivity contribution in [1.82, 2.24) is 10.2 Å². The Kier molecular flexibility index (Phi) is 7.50. The zero-order valence-electron chi connectivity index (χ0n) is 23.2. The summed E-state index contributed by atoms with van der Waals surface area (Å²) < 4.78 is 10.5. The molecule has 41 heavy (non-hydrogen) atoms. The molecule has 0 spiro atoms. The molecule has 4 rings (SSSR count). The number of amides is 2. The van der Waals surface area contributed by atoms with Gasteiger partial charge in [0.2, 0.25) is 17.5 Å². The molecule has 1 aromatic carbocycles. The fourth-order valence-electron chi connectivity index (χ4n) is 6.25. The van der Waals surface area contributed by atoms with E-state index in [4.69, 9.17) is 9.47 Å². The zero-order chi connectivity index (χ0) is 30.7. The number of imide groups is 1. The number of carbonyl (C=O) groups is 6. The first-order valence-electron chi connectivity index (χ1n) is 12.7. The molecule has 0 bridgehead atoms. The number of ketones is 2. The van der Waals surface area contributed by atoms with Gasteiger partial charge in [0.15, 0.2) is 5.60 Å². The van der Waals surface area contributed by atoms with Gasteiger partial charge in [0.05, 0.1) is 23.6 Å². The van der Waals surface area contributed by atoms with Gasteiger partial charge in [-0.25, -0.2) is 0 Å². The van der Waals surface area contributed by atoms with E-state index in [1.807, 2.05) is 5.32 Å². The summed E-state index contributed by atoms with van der Waals surface area (Å²) in [5.74, 6) is -11.6. The van der Waals surface area contributed by atoms with Gasteiger partial charge in [-0.05, 0) is 31.6 Å². The Morgan fingerprint density at radius 1 is 1.00 bits per heavy atom. The number of nitrogens with zero attached hydrogens (tertiary/aromatic N) is 1. The fraction of sp³-hybridized carbons (Fsp3) is 0.429. The number of hydrogen-bond acceptors (Lipinski definition) is 12.